The number of carbonyl (C=O) groups is 2. The van der Waals surface area contributed by atoms with E-state index in [4.69, 9.17) is 9.47 Å². The van der Waals surface area contributed by atoms with Gasteiger partial charge in [-0.3, -0.25) is 9.78 Å². The van der Waals surface area contributed by atoms with E-state index in [0.717, 1.165) is 49.8 Å². The Kier molecular flexibility index (Phi) is 10.2. The Morgan fingerprint density at radius 2 is 1.62 bits per heavy atom. The average Bonchev–Trinajstić information content (AvgIpc) is 2.74. The Morgan fingerprint density at radius 1 is 0.931 bits per heavy atom. The van der Waals surface area contributed by atoms with E-state index in [-0.39, 0.29) is 11.8 Å². The van der Waals surface area contributed by atoms with Crippen molar-refractivity contribution in [1.29, 1.82) is 0 Å². The van der Waals surface area contributed by atoms with E-state index in [9.17, 15) is 9.59 Å². The lowest BCUT2D eigenvalue weighted by Crippen LogP contribution is -2.06. The lowest BCUT2D eigenvalue weighted by atomic mass is 10.1. The standard InChI is InChI=1S/C24H29NO4/c1-20(26)10-11-21-12-14-23(15-13-21)28-17-6-4-2-3-5-7-18-29-24(27)22-9-8-16-25-19-22/h8-16,19H,2-7,17-18H2,1H3/b11-10+. The van der Waals surface area contributed by atoms with E-state index >= 15 is 0 Å². The molecule has 0 spiro atoms. The number of aromatic nitrogens is 1. The number of nitrogens with zero attached hydrogens (tertiary/aromatic N) is 1. The molecule has 0 aliphatic rings. The minimum absolute atomic E-state index is 0.0380. The van der Waals surface area contributed by atoms with Crippen LogP contribution < -0.4 is 4.74 Å². The first kappa shape index (κ1) is 22.3. The summed E-state index contributed by atoms with van der Waals surface area (Å²) >= 11 is 0. The normalized spacial score (nSPS) is 10.8. The third-order valence-electron chi connectivity index (χ3n) is 4.33. The molecule has 29 heavy (non-hydrogen) atoms. The van der Waals surface area contributed by atoms with Gasteiger partial charge in [-0.25, -0.2) is 4.79 Å². The number of esters is 1. The average molecular weight is 395 g/mol. The fourth-order valence-corrected chi connectivity index (χ4v) is 2.72. The van der Waals surface area contributed by atoms with Crippen LogP contribution in [-0.2, 0) is 9.53 Å². The molecule has 0 aliphatic carbocycles. The Hall–Kier alpha value is -2.95. The van der Waals surface area contributed by atoms with Crippen LogP contribution in [0.4, 0.5) is 0 Å². The Balaban J connectivity index is 1.45. The number of benzene rings is 1. The zero-order valence-electron chi connectivity index (χ0n) is 17.0. The lowest BCUT2D eigenvalue weighted by Gasteiger charge is -2.07. The highest BCUT2D eigenvalue weighted by molar-refractivity contribution is 5.91. The molecule has 1 aromatic carbocycles. The first-order valence-electron chi connectivity index (χ1n) is 10.1. The predicted molar refractivity (Wildman–Crippen MR) is 114 cm³/mol. The molecule has 5 nitrogen and oxygen atoms in total. The predicted octanol–water partition coefficient (Wildman–Crippen LogP) is 5.26. The molecular weight excluding hydrogens is 366 g/mol. The highest BCUT2D eigenvalue weighted by atomic mass is 16.5. The van der Waals surface area contributed by atoms with Crippen molar-refractivity contribution in [3.05, 3.63) is 66.0 Å². The summed E-state index contributed by atoms with van der Waals surface area (Å²) in [6.07, 6.45) is 12.8. The van der Waals surface area contributed by atoms with Crippen molar-refractivity contribution in [3.63, 3.8) is 0 Å². The molecule has 0 saturated carbocycles. The first-order valence-corrected chi connectivity index (χ1v) is 10.1. The molecule has 5 heteroatoms. The van der Waals surface area contributed by atoms with Crippen LogP contribution in [-0.4, -0.2) is 30.0 Å². The zero-order valence-corrected chi connectivity index (χ0v) is 17.0. The number of ether oxygens (including phenoxy) is 2. The van der Waals surface area contributed by atoms with E-state index in [1.54, 1.807) is 30.5 Å². The van der Waals surface area contributed by atoms with Crippen molar-refractivity contribution >= 4 is 17.8 Å². The largest absolute Gasteiger partial charge is 0.494 e. The number of rotatable bonds is 13. The second-order valence-electron chi connectivity index (χ2n) is 6.86. The molecule has 0 unspecified atom stereocenters. The molecule has 0 radical (unpaired) electrons. The van der Waals surface area contributed by atoms with Crippen LogP contribution in [0.25, 0.3) is 6.08 Å². The van der Waals surface area contributed by atoms with Gasteiger partial charge in [-0.2, -0.15) is 0 Å². The Labute approximate surface area is 172 Å². The van der Waals surface area contributed by atoms with Crippen LogP contribution in [0, 0.1) is 0 Å². The van der Waals surface area contributed by atoms with E-state index < -0.39 is 0 Å². The Morgan fingerprint density at radius 3 is 2.28 bits per heavy atom. The molecule has 1 heterocycles. The highest BCUT2D eigenvalue weighted by Gasteiger charge is 2.05. The SMILES string of the molecule is CC(=O)/C=C/c1ccc(OCCCCCCCCOC(=O)c2cccnc2)cc1. The van der Waals surface area contributed by atoms with Gasteiger partial charge in [0.05, 0.1) is 18.8 Å². The summed E-state index contributed by atoms with van der Waals surface area (Å²) in [5, 5.41) is 0. The summed E-state index contributed by atoms with van der Waals surface area (Å²) in [5.74, 6) is 0.578. The van der Waals surface area contributed by atoms with Gasteiger partial charge in [-0.05, 0) is 55.7 Å². The van der Waals surface area contributed by atoms with Crippen LogP contribution in [0.3, 0.4) is 0 Å². The van der Waals surface area contributed by atoms with Crippen LogP contribution in [0.2, 0.25) is 0 Å². The molecule has 0 bridgehead atoms. The van der Waals surface area contributed by atoms with Crippen molar-refractivity contribution in [1.82, 2.24) is 4.98 Å². The summed E-state index contributed by atoms with van der Waals surface area (Å²) in [4.78, 5) is 26.6. The molecule has 0 fully saturated rings. The van der Waals surface area contributed by atoms with Crippen LogP contribution in [0.1, 0.15) is 61.4 Å². The molecule has 0 aliphatic heterocycles. The second kappa shape index (κ2) is 13.3. The van der Waals surface area contributed by atoms with Gasteiger partial charge < -0.3 is 9.47 Å². The van der Waals surface area contributed by atoms with Gasteiger partial charge in [-0.15, -0.1) is 0 Å². The van der Waals surface area contributed by atoms with Crippen LogP contribution in [0.15, 0.2) is 54.9 Å². The molecule has 0 atom stereocenters. The molecule has 0 amide bonds. The highest BCUT2D eigenvalue weighted by Crippen LogP contribution is 2.14. The maximum absolute atomic E-state index is 11.8. The summed E-state index contributed by atoms with van der Waals surface area (Å²) in [6.45, 7) is 2.69. The van der Waals surface area contributed by atoms with Crippen molar-refractivity contribution in [3.8, 4) is 5.75 Å². The molecule has 0 N–H and O–H groups in total. The van der Waals surface area contributed by atoms with Crippen molar-refractivity contribution in [2.75, 3.05) is 13.2 Å². The minimum Gasteiger partial charge on any atom is -0.494 e. The lowest BCUT2D eigenvalue weighted by molar-refractivity contribution is -0.112. The second-order valence-corrected chi connectivity index (χ2v) is 6.86. The maximum atomic E-state index is 11.8. The quantitative estimate of drug-likeness (QED) is 0.263. The number of ketones is 1. The van der Waals surface area contributed by atoms with Gasteiger partial charge >= 0.3 is 5.97 Å². The molecule has 0 saturated heterocycles. The summed E-state index contributed by atoms with van der Waals surface area (Å²) in [7, 11) is 0. The van der Waals surface area contributed by atoms with Gasteiger partial charge in [0.25, 0.3) is 0 Å². The fraction of sp³-hybridized carbons (Fsp3) is 0.375. The van der Waals surface area contributed by atoms with Gasteiger partial charge in [0, 0.05) is 12.4 Å². The monoisotopic (exact) mass is 395 g/mol. The number of pyridine rings is 1. The number of hydrogen-bond acceptors (Lipinski definition) is 5. The first-order chi connectivity index (χ1) is 14.1. The summed E-state index contributed by atoms with van der Waals surface area (Å²) < 4.78 is 11.0. The number of allylic oxidation sites excluding steroid dienone is 1. The third-order valence-corrected chi connectivity index (χ3v) is 4.33. The number of unbranched alkanes of at least 4 members (excludes halogenated alkanes) is 5. The maximum Gasteiger partial charge on any atom is 0.339 e. The van der Waals surface area contributed by atoms with Crippen LogP contribution in [0.5, 0.6) is 5.75 Å². The van der Waals surface area contributed by atoms with Crippen molar-refractivity contribution < 1.29 is 19.1 Å². The van der Waals surface area contributed by atoms with Crippen molar-refractivity contribution in [2.24, 2.45) is 0 Å². The summed E-state index contributed by atoms with van der Waals surface area (Å²) in [5.41, 5.74) is 1.48. The van der Waals surface area contributed by atoms with Crippen molar-refractivity contribution in [2.45, 2.75) is 45.4 Å². The van der Waals surface area contributed by atoms with Gasteiger partial charge in [-0.1, -0.05) is 43.9 Å². The third kappa shape index (κ3) is 9.70. The molecule has 1 aromatic heterocycles. The van der Waals surface area contributed by atoms with Gasteiger partial charge in [0.1, 0.15) is 5.75 Å². The number of hydrogen-bond donors (Lipinski definition) is 0. The van der Waals surface area contributed by atoms with Gasteiger partial charge in [0.2, 0.25) is 0 Å². The summed E-state index contributed by atoms with van der Waals surface area (Å²) in [6, 6.07) is 11.2. The Bertz CT molecular complexity index is 769. The molecule has 2 aromatic rings. The molecule has 154 valence electrons. The van der Waals surface area contributed by atoms with E-state index in [2.05, 4.69) is 4.98 Å². The topological polar surface area (TPSA) is 65.5 Å². The fourth-order valence-electron chi connectivity index (χ4n) is 2.72. The van der Waals surface area contributed by atoms with Crippen LogP contribution >= 0.6 is 0 Å². The smallest absolute Gasteiger partial charge is 0.339 e. The van der Waals surface area contributed by atoms with E-state index in [1.807, 2.05) is 24.3 Å². The van der Waals surface area contributed by atoms with Gasteiger partial charge in [0.15, 0.2) is 5.78 Å². The number of carbonyl (C=O) groups excluding carboxylic acids is 2. The molecular formula is C24H29NO4. The minimum atomic E-state index is -0.307. The molecule has 2 rings (SSSR count). The zero-order chi connectivity index (χ0) is 20.7. The van der Waals surface area contributed by atoms with E-state index in [1.165, 1.54) is 13.1 Å². The van der Waals surface area contributed by atoms with E-state index in [0.29, 0.717) is 18.8 Å².